The molecule has 18 heteroatoms. The van der Waals surface area contributed by atoms with Crippen molar-refractivity contribution in [3.05, 3.63) is 41.1 Å². The Morgan fingerprint density at radius 3 is 2.31 bits per heavy atom. The second-order valence-electron chi connectivity index (χ2n) is 11.3. The molecular formula is C27H32F6N8O4. The van der Waals surface area contributed by atoms with Gasteiger partial charge in [0.15, 0.2) is 17.0 Å². The molecule has 4 N–H and O–H groups in total. The van der Waals surface area contributed by atoms with Gasteiger partial charge in [0.25, 0.3) is 11.8 Å². The molecule has 6 rings (SSSR count). The van der Waals surface area contributed by atoms with Crippen molar-refractivity contribution in [2.45, 2.75) is 95.1 Å². The molecule has 1 saturated heterocycles. The highest BCUT2D eigenvalue weighted by atomic mass is 19.4. The van der Waals surface area contributed by atoms with Gasteiger partial charge in [-0.25, -0.2) is 27.3 Å². The number of carbonyl (C=O) groups excluding carboxylic acids is 3. The van der Waals surface area contributed by atoms with Crippen LogP contribution in [0.1, 0.15) is 78.8 Å². The minimum absolute atomic E-state index is 0.0752. The highest BCUT2D eigenvalue weighted by Crippen LogP contribution is 2.39. The van der Waals surface area contributed by atoms with Gasteiger partial charge in [0.2, 0.25) is 11.8 Å². The summed E-state index contributed by atoms with van der Waals surface area (Å²) in [6.07, 6.45) is 1.75. The fraction of sp³-hybridized carbons (Fsp3) is 0.593. The lowest BCUT2D eigenvalue weighted by atomic mass is 9.97. The summed E-state index contributed by atoms with van der Waals surface area (Å²) in [5, 5.41) is 15.9. The lowest BCUT2D eigenvalue weighted by molar-refractivity contribution is -0.154. The summed E-state index contributed by atoms with van der Waals surface area (Å²) in [5.74, 6) is -5.01. The number of fused-ring (bicyclic) bond motifs is 1. The van der Waals surface area contributed by atoms with E-state index in [9.17, 15) is 40.7 Å². The van der Waals surface area contributed by atoms with E-state index in [1.165, 1.54) is 10.7 Å². The molecule has 2 atom stereocenters. The smallest absolute Gasteiger partial charge is 0.367 e. The Morgan fingerprint density at radius 1 is 1.13 bits per heavy atom. The minimum Gasteiger partial charge on any atom is -0.367 e. The number of nitrogens with zero attached hydrogens (tertiary/aromatic N) is 5. The summed E-state index contributed by atoms with van der Waals surface area (Å²) in [7, 11) is 0. The van der Waals surface area contributed by atoms with Crippen LogP contribution >= 0.6 is 0 Å². The van der Waals surface area contributed by atoms with Gasteiger partial charge in [0.05, 0.1) is 24.6 Å². The molecule has 1 aliphatic heterocycles. The number of rotatable bonds is 6. The van der Waals surface area contributed by atoms with E-state index in [1.54, 1.807) is 19.2 Å². The first-order valence-corrected chi connectivity index (χ1v) is 14.2. The van der Waals surface area contributed by atoms with Crippen LogP contribution in [0.25, 0.3) is 5.65 Å². The predicted molar refractivity (Wildman–Crippen MR) is 143 cm³/mol. The molecule has 3 aromatic rings. The maximum absolute atomic E-state index is 12.8. The number of hydrogen-bond donors (Lipinski definition) is 3. The van der Waals surface area contributed by atoms with Crippen LogP contribution < -0.4 is 16.4 Å². The number of aryl methyl sites for hydroxylation is 1. The molecule has 12 nitrogen and oxygen atoms in total. The topological polar surface area (TPSA) is 170 Å². The highest BCUT2D eigenvalue weighted by Gasteiger charge is 2.49. The number of hydrogen-bond acceptors (Lipinski definition) is 8. The molecule has 3 fully saturated rings. The zero-order valence-electron chi connectivity index (χ0n) is 24.2. The Hall–Kier alpha value is -4.25. The lowest BCUT2D eigenvalue weighted by Crippen LogP contribution is -2.38. The summed E-state index contributed by atoms with van der Waals surface area (Å²) in [5.41, 5.74) is 4.99. The summed E-state index contributed by atoms with van der Waals surface area (Å²) in [6, 6.07) is -0.171. The van der Waals surface area contributed by atoms with Crippen LogP contribution in [-0.4, -0.2) is 66.4 Å². The number of halogens is 6. The van der Waals surface area contributed by atoms with E-state index in [4.69, 9.17) is 0 Å². The van der Waals surface area contributed by atoms with Crippen molar-refractivity contribution in [3.63, 3.8) is 0 Å². The van der Waals surface area contributed by atoms with Crippen molar-refractivity contribution in [2.24, 2.45) is 11.7 Å². The Bertz CT molecular complexity index is 1510. The van der Waals surface area contributed by atoms with Crippen molar-refractivity contribution in [3.8, 4) is 0 Å². The summed E-state index contributed by atoms with van der Waals surface area (Å²) >= 11 is 0. The molecule has 4 heterocycles. The van der Waals surface area contributed by atoms with Crippen molar-refractivity contribution in [1.82, 2.24) is 35.5 Å². The number of nitrogens with one attached hydrogen (secondary N) is 2. The van der Waals surface area contributed by atoms with Gasteiger partial charge in [-0.05, 0) is 62.2 Å². The van der Waals surface area contributed by atoms with Crippen LogP contribution in [0.2, 0.25) is 0 Å². The molecule has 0 spiro atoms. The molecule has 45 heavy (non-hydrogen) atoms. The van der Waals surface area contributed by atoms with Crippen molar-refractivity contribution < 1.29 is 45.4 Å². The molecule has 0 bridgehead atoms. The first-order chi connectivity index (χ1) is 21.1. The molecule has 0 radical (unpaired) electrons. The zero-order valence-corrected chi connectivity index (χ0v) is 24.2. The highest BCUT2D eigenvalue weighted by molar-refractivity contribution is 5.92. The average Bonchev–Trinajstić information content (AvgIpc) is 3.25. The quantitative estimate of drug-likeness (QED) is 0.342. The third kappa shape index (κ3) is 9.13. The van der Waals surface area contributed by atoms with Crippen LogP contribution in [0, 0.1) is 12.8 Å². The number of nitrogens with two attached hydrogens (primary N) is 1. The number of primary amides is 1. The molecule has 2 aliphatic carbocycles. The minimum atomic E-state index is -4.46. The van der Waals surface area contributed by atoms with E-state index in [-0.39, 0.29) is 37.9 Å². The predicted octanol–water partition coefficient (Wildman–Crippen LogP) is 3.52. The van der Waals surface area contributed by atoms with Gasteiger partial charge in [-0.1, -0.05) is 11.6 Å². The Balaban J connectivity index is 0.000000250. The normalized spacial score (nSPS) is 21.5. The molecule has 3 amide bonds. The number of imidazole rings is 1. The molecule has 246 valence electrons. The van der Waals surface area contributed by atoms with Crippen LogP contribution in [0.15, 0.2) is 23.1 Å². The lowest BCUT2D eigenvalue weighted by Gasteiger charge is -2.20. The van der Waals surface area contributed by atoms with Crippen LogP contribution in [-0.2, 0) is 22.6 Å². The van der Waals surface area contributed by atoms with Gasteiger partial charge in [-0.3, -0.25) is 14.4 Å². The largest absolute Gasteiger partial charge is 0.408 e. The first-order valence-electron chi connectivity index (χ1n) is 14.2. The Labute approximate surface area is 252 Å². The fourth-order valence-electron chi connectivity index (χ4n) is 4.70. The van der Waals surface area contributed by atoms with E-state index < -0.39 is 47.4 Å². The van der Waals surface area contributed by atoms with Crippen LogP contribution in [0.4, 0.5) is 26.3 Å². The molecule has 2 unspecified atom stereocenters. The maximum Gasteiger partial charge on any atom is 0.408 e. The summed E-state index contributed by atoms with van der Waals surface area (Å²) in [6.45, 7) is 1.69. The number of amides is 3. The first kappa shape index (κ1) is 33.6. The van der Waals surface area contributed by atoms with Gasteiger partial charge in [0, 0.05) is 18.8 Å². The monoisotopic (exact) mass is 646 g/mol. The van der Waals surface area contributed by atoms with Crippen molar-refractivity contribution in [2.75, 3.05) is 0 Å². The number of aromatic nitrogens is 5. The Kier molecular flexibility index (Phi) is 10.0. The second kappa shape index (κ2) is 13.4. The third-order valence-corrected chi connectivity index (χ3v) is 7.52. The van der Waals surface area contributed by atoms with E-state index >= 15 is 0 Å². The van der Waals surface area contributed by atoms with E-state index in [1.807, 2.05) is 5.32 Å². The third-order valence-electron chi connectivity index (χ3n) is 7.52. The number of alkyl halides is 6. The van der Waals surface area contributed by atoms with Crippen LogP contribution in [0.5, 0.6) is 0 Å². The van der Waals surface area contributed by atoms with Crippen molar-refractivity contribution >= 4 is 23.4 Å². The SMILES string of the molecule is Cc1nonc1C(=O)NCc1cn2ncc(CC3CC(C(F)(F)F)NC3=O)cc2n1.FC1(F)CCCCC1.NC(=O)C1(F)CC1. The number of carbonyl (C=O) groups is 3. The molecule has 0 aromatic carbocycles. The average molecular weight is 647 g/mol. The summed E-state index contributed by atoms with van der Waals surface area (Å²) < 4.78 is 81.0. The molecular weight excluding hydrogens is 614 g/mol. The van der Waals surface area contributed by atoms with E-state index in [0.29, 0.717) is 48.3 Å². The Morgan fingerprint density at radius 2 is 1.82 bits per heavy atom. The van der Waals surface area contributed by atoms with E-state index in [2.05, 4.69) is 36.1 Å². The second-order valence-corrected chi connectivity index (χ2v) is 11.3. The zero-order chi connectivity index (χ0) is 33.0. The van der Waals surface area contributed by atoms with Gasteiger partial charge < -0.3 is 16.4 Å². The van der Waals surface area contributed by atoms with Crippen LogP contribution in [0.3, 0.4) is 0 Å². The summed E-state index contributed by atoms with van der Waals surface area (Å²) in [4.78, 5) is 38.2. The fourth-order valence-corrected chi connectivity index (χ4v) is 4.70. The molecule has 3 aromatic heterocycles. The molecule has 3 aliphatic rings. The van der Waals surface area contributed by atoms with Gasteiger partial charge in [-0.2, -0.15) is 18.3 Å². The molecule has 2 saturated carbocycles. The van der Waals surface area contributed by atoms with E-state index in [0.717, 1.165) is 6.42 Å². The van der Waals surface area contributed by atoms with Crippen molar-refractivity contribution in [1.29, 1.82) is 0 Å². The van der Waals surface area contributed by atoms with Gasteiger partial charge in [0.1, 0.15) is 11.7 Å². The standard InChI is InChI=1S/C17H16F3N7O3.C6H10F2.C4H6FNO/c1-8-14(26-30-25-8)16(29)21-6-11-7-27-13(23-11)3-9(5-22-27)2-10-4-12(17(18,19)20)24-15(10)28;7-6(8)4-2-1-3-5-6;5-4(1-2-4)3(6)7/h3,5,7,10,12H,2,4,6H2,1H3,(H,21,29)(H,24,28);1-5H2;1-2H2,(H2,6,7). The van der Waals surface area contributed by atoms with Gasteiger partial charge >= 0.3 is 6.18 Å². The maximum atomic E-state index is 12.8. The van der Waals surface area contributed by atoms with Gasteiger partial charge in [-0.15, -0.1) is 0 Å².